The fraction of sp³-hybridized carbons (Fsp3) is 0.500. The Labute approximate surface area is 109 Å². The molecule has 0 aliphatic carbocycles. The van der Waals surface area contributed by atoms with Crippen molar-refractivity contribution in [2.45, 2.75) is 32.9 Å². The van der Waals surface area contributed by atoms with Gasteiger partial charge in [0.15, 0.2) is 0 Å². The second kappa shape index (κ2) is 7.01. The molecule has 0 aliphatic rings. The summed E-state index contributed by atoms with van der Waals surface area (Å²) < 4.78 is 5.54. The molecule has 0 heterocycles. The van der Waals surface area contributed by atoms with Crippen LogP contribution in [0.2, 0.25) is 0 Å². The quantitative estimate of drug-likeness (QED) is 0.837. The molecule has 0 spiro atoms. The van der Waals surface area contributed by atoms with E-state index in [4.69, 9.17) is 10.5 Å². The van der Waals surface area contributed by atoms with Crippen molar-refractivity contribution in [1.29, 1.82) is 0 Å². The van der Waals surface area contributed by atoms with Crippen LogP contribution in [-0.4, -0.2) is 30.5 Å². The van der Waals surface area contributed by atoms with E-state index in [0.717, 1.165) is 11.3 Å². The maximum Gasteiger partial charge on any atom is 0.239 e. The molecule has 1 atom stereocenters. The van der Waals surface area contributed by atoms with Crippen LogP contribution >= 0.6 is 0 Å². The second-order valence-electron chi connectivity index (χ2n) is 4.25. The number of hydrogen-bond acceptors (Lipinski definition) is 3. The summed E-state index contributed by atoms with van der Waals surface area (Å²) >= 11 is 0. The van der Waals surface area contributed by atoms with Crippen molar-refractivity contribution in [2.24, 2.45) is 5.73 Å². The van der Waals surface area contributed by atoms with Crippen LogP contribution in [0.4, 0.5) is 0 Å². The molecule has 1 amide bonds. The molecule has 0 radical (unpaired) electrons. The molecule has 4 heteroatoms. The van der Waals surface area contributed by atoms with Crippen molar-refractivity contribution in [2.75, 3.05) is 13.7 Å². The number of rotatable bonds is 6. The summed E-state index contributed by atoms with van der Waals surface area (Å²) in [5.41, 5.74) is 6.74. The lowest BCUT2D eigenvalue weighted by Crippen LogP contribution is -2.40. The summed E-state index contributed by atoms with van der Waals surface area (Å²) in [5, 5.41) is 0. The monoisotopic (exact) mass is 250 g/mol. The SMILES string of the molecule is CCOc1ccccc1CN(C)C(=O)[C@H](N)CC. The van der Waals surface area contributed by atoms with Gasteiger partial charge >= 0.3 is 0 Å². The van der Waals surface area contributed by atoms with Crippen LogP contribution in [-0.2, 0) is 11.3 Å². The Morgan fingerprint density at radius 1 is 1.39 bits per heavy atom. The molecule has 0 fully saturated rings. The molecule has 0 aliphatic heterocycles. The van der Waals surface area contributed by atoms with Gasteiger partial charge in [-0.25, -0.2) is 0 Å². The summed E-state index contributed by atoms with van der Waals surface area (Å²) in [6.45, 7) is 4.98. The van der Waals surface area contributed by atoms with Gasteiger partial charge in [0.2, 0.25) is 5.91 Å². The normalized spacial score (nSPS) is 12.0. The summed E-state index contributed by atoms with van der Waals surface area (Å²) in [5.74, 6) is 0.786. The molecule has 0 saturated heterocycles. The summed E-state index contributed by atoms with van der Waals surface area (Å²) in [7, 11) is 1.76. The molecule has 1 aromatic rings. The van der Waals surface area contributed by atoms with Gasteiger partial charge in [-0.15, -0.1) is 0 Å². The predicted octanol–water partition coefficient (Wildman–Crippen LogP) is 1.78. The number of amides is 1. The minimum absolute atomic E-state index is 0.0381. The summed E-state index contributed by atoms with van der Waals surface area (Å²) in [6.07, 6.45) is 0.649. The molecule has 0 unspecified atom stereocenters. The fourth-order valence-corrected chi connectivity index (χ4v) is 1.72. The lowest BCUT2D eigenvalue weighted by atomic mass is 10.1. The third-order valence-corrected chi connectivity index (χ3v) is 2.81. The standard InChI is InChI=1S/C14H22N2O2/c1-4-12(15)14(17)16(3)10-11-8-6-7-9-13(11)18-5-2/h6-9,12H,4-5,10,15H2,1-3H3/t12-/m1/s1. The third-order valence-electron chi connectivity index (χ3n) is 2.81. The first-order valence-electron chi connectivity index (χ1n) is 6.31. The van der Waals surface area contributed by atoms with Gasteiger partial charge in [-0.2, -0.15) is 0 Å². The number of carbonyl (C=O) groups excluding carboxylic acids is 1. The van der Waals surface area contributed by atoms with E-state index in [0.29, 0.717) is 19.6 Å². The Morgan fingerprint density at radius 2 is 2.06 bits per heavy atom. The second-order valence-corrected chi connectivity index (χ2v) is 4.25. The molecular formula is C14H22N2O2. The lowest BCUT2D eigenvalue weighted by Gasteiger charge is -2.21. The molecule has 2 N–H and O–H groups in total. The van der Waals surface area contributed by atoms with Crippen LogP contribution in [0.1, 0.15) is 25.8 Å². The van der Waals surface area contributed by atoms with E-state index in [9.17, 15) is 4.79 Å². The first kappa shape index (κ1) is 14.5. The summed E-state index contributed by atoms with van der Waals surface area (Å²) in [4.78, 5) is 13.6. The molecular weight excluding hydrogens is 228 g/mol. The first-order chi connectivity index (χ1) is 8.60. The molecule has 0 saturated carbocycles. The van der Waals surface area contributed by atoms with Crippen LogP contribution in [0.5, 0.6) is 5.75 Å². The zero-order valence-electron chi connectivity index (χ0n) is 11.3. The van der Waals surface area contributed by atoms with E-state index < -0.39 is 6.04 Å². The molecule has 0 bridgehead atoms. The van der Waals surface area contributed by atoms with Gasteiger partial charge in [-0.05, 0) is 19.4 Å². The van der Waals surface area contributed by atoms with Crippen LogP contribution < -0.4 is 10.5 Å². The van der Waals surface area contributed by atoms with Crippen LogP contribution in [0.15, 0.2) is 24.3 Å². The van der Waals surface area contributed by atoms with E-state index in [-0.39, 0.29) is 5.91 Å². The molecule has 18 heavy (non-hydrogen) atoms. The third kappa shape index (κ3) is 3.74. The Balaban J connectivity index is 2.75. The molecule has 1 rings (SSSR count). The van der Waals surface area contributed by atoms with E-state index in [1.807, 2.05) is 38.1 Å². The van der Waals surface area contributed by atoms with Gasteiger partial charge < -0.3 is 15.4 Å². The van der Waals surface area contributed by atoms with Crippen molar-refractivity contribution in [3.05, 3.63) is 29.8 Å². The number of para-hydroxylation sites is 1. The lowest BCUT2D eigenvalue weighted by molar-refractivity contribution is -0.131. The average molecular weight is 250 g/mol. The van der Waals surface area contributed by atoms with E-state index in [2.05, 4.69) is 0 Å². The Morgan fingerprint density at radius 3 is 2.67 bits per heavy atom. The Hall–Kier alpha value is -1.55. The van der Waals surface area contributed by atoms with Gasteiger partial charge in [-0.3, -0.25) is 4.79 Å². The Kier molecular flexibility index (Phi) is 5.65. The van der Waals surface area contributed by atoms with Gasteiger partial charge in [0.05, 0.1) is 12.6 Å². The Bertz CT molecular complexity index is 393. The highest BCUT2D eigenvalue weighted by Crippen LogP contribution is 2.19. The smallest absolute Gasteiger partial charge is 0.239 e. The highest BCUT2D eigenvalue weighted by atomic mass is 16.5. The van der Waals surface area contributed by atoms with Gasteiger partial charge in [0, 0.05) is 19.2 Å². The number of ether oxygens (including phenoxy) is 1. The van der Waals surface area contributed by atoms with E-state index >= 15 is 0 Å². The first-order valence-corrected chi connectivity index (χ1v) is 6.31. The van der Waals surface area contributed by atoms with E-state index in [1.54, 1.807) is 11.9 Å². The number of benzene rings is 1. The van der Waals surface area contributed by atoms with Gasteiger partial charge in [0.25, 0.3) is 0 Å². The predicted molar refractivity (Wildman–Crippen MR) is 72.4 cm³/mol. The largest absolute Gasteiger partial charge is 0.494 e. The number of likely N-dealkylation sites (N-methyl/N-ethyl adjacent to an activating group) is 1. The summed E-state index contributed by atoms with van der Waals surface area (Å²) in [6, 6.07) is 7.32. The zero-order chi connectivity index (χ0) is 13.5. The van der Waals surface area contributed by atoms with Crippen molar-refractivity contribution in [3.63, 3.8) is 0 Å². The van der Waals surface area contributed by atoms with Crippen molar-refractivity contribution in [1.82, 2.24) is 4.90 Å². The fourth-order valence-electron chi connectivity index (χ4n) is 1.72. The van der Waals surface area contributed by atoms with Crippen LogP contribution in [0.25, 0.3) is 0 Å². The van der Waals surface area contributed by atoms with Crippen LogP contribution in [0.3, 0.4) is 0 Å². The van der Waals surface area contributed by atoms with Gasteiger partial charge in [0.1, 0.15) is 5.75 Å². The van der Waals surface area contributed by atoms with Crippen molar-refractivity contribution < 1.29 is 9.53 Å². The molecule has 1 aromatic carbocycles. The zero-order valence-corrected chi connectivity index (χ0v) is 11.3. The van der Waals surface area contributed by atoms with Crippen molar-refractivity contribution >= 4 is 5.91 Å². The molecule has 0 aromatic heterocycles. The highest BCUT2D eigenvalue weighted by molar-refractivity contribution is 5.81. The van der Waals surface area contributed by atoms with E-state index in [1.165, 1.54) is 0 Å². The maximum absolute atomic E-state index is 11.9. The number of nitrogens with two attached hydrogens (primary N) is 1. The molecule has 100 valence electrons. The number of nitrogens with zero attached hydrogens (tertiary/aromatic N) is 1. The topological polar surface area (TPSA) is 55.6 Å². The minimum atomic E-state index is -0.422. The molecule has 4 nitrogen and oxygen atoms in total. The average Bonchev–Trinajstić information content (AvgIpc) is 2.39. The number of hydrogen-bond donors (Lipinski definition) is 1. The van der Waals surface area contributed by atoms with Gasteiger partial charge in [-0.1, -0.05) is 25.1 Å². The maximum atomic E-state index is 11.9. The minimum Gasteiger partial charge on any atom is -0.494 e. The number of carbonyl (C=O) groups is 1. The highest BCUT2D eigenvalue weighted by Gasteiger charge is 2.17. The van der Waals surface area contributed by atoms with Crippen LogP contribution in [0, 0.1) is 0 Å². The van der Waals surface area contributed by atoms with Crippen molar-refractivity contribution in [3.8, 4) is 5.75 Å².